The number of nitro groups is 1. The molecule has 21 heavy (non-hydrogen) atoms. The Bertz CT molecular complexity index is 813. The van der Waals surface area contributed by atoms with Gasteiger partial charge in [0, 0.05) is 12.3 Å². The molecule has 4 N–H and O–H groups in total. The molecule has 1 aromatic heterocycles. The van der Waals surface area contributed by atoms with Crippen LogP contribution < -0.4 is 22.5 Å². The molecule has 1 heterocycles. The molecule has 0 bridgehead atoms. The van der Waals surface area contributed by atoms with Gasteiger partial charge in [-0.15, -0.1) is 0 Å². The van der Waals surface area contributed by atoms with Crippen molar-refractivity contribution in [2.75, 3.05) is 5.43 Å². The normalized spacial score (nSPS) is 10.4. The monoisotopic (exact) mass is 355 g/mol. The Kier molecular flexibility index (Phi) is 4.19. The van der Waals surface area contributed by atoms with Crippen LogP contribution in [0.5, 0.6) is 0 Å². The number of H-pyrrole nitrogens is 1. The zero-order valence-corrected chi connectivity index (χ0v) is 12.1. The molecule has 0 aliphatic carbocycles. The van der Waals surface area contributed by atoms with E-state index in [9.17, 15) is 19.7 Å². The van der Waals surface area contributed by atoms with Gasteiger partial charge in [0.1, 0.15) is 5.69 Å². The summed E-state index contributed by atoms with van der Waals surface area (Å²) in [6.45, 7) is 0.126. The highest BCUT2D eigenvalue weighted by Crippen LogP contribution is 2.24. The Morgan fingerprint density at radius 3 is 2.76 bits per heavy atom. The van der Waals surface area contributed by atoms with E-state index in [1.165, 1.54) is 29.0 Å². The largest absolute Gasteiger partial charge is 0.328 e. The van der Waals surface area contributed by atoms with Gasteiger partial charge in [0.25, 0.3) is 11.2 Å². The van der Waals surface area contributed by atoms with Gasteiger partial charge in [-0.2, -0.15) is 0 Å². The topological polar surface area (TPSA) is 136 Å². The van der Waals surface area contributed by atoms with Crippen molar-refractivity contribution in [3.8, 4) is 0 Å². The van der Waals surface area contributed by atoms with Crippen LogP contribution in [0.1, 0.15) is 5.56 Å². The first-order chi connectivity index (χ1) is 9.92. The van der Waals surface area contributed by atoms with Crippen LogP contribution in [-0.2, 0) is 6.54 Å². The lowest BCUT2D eigenvalue weighted by Crippen LogP contribution is -2.30. The maximum absolute atomic E-state index is 11.7. The molecule has 0 unspecified atom stereocenters. The average molecular weight is 356 g/mol. The van der Waals surface area contributed by atoms with Crippen LogP contribution in [0, 0.1) is 10.1 Å². The first kappa shape index (κ1) is 14.9. The molecule has 0 spiro atoms. The lowest BCUT2D eigenvalue weighted by molar-refractivity contribution is -0.384. The summed E-state index contributed by atoms with van der Waals surface area (Å²) in [5.41, 5.74) is 1.71. The quantitative estimate of drug-likeness (QED) is 0.416. The van der Waals surface area contributed by atoms with Gasteiger partial charge in [0.05, 0.1) is 15.9 Å². The van der Waals surface area contributed by atoms with E-state index in [0.717, 1.165) is 0 Å². The molecule has 110 valence electrons. The molecule has 1 aromatic carbocycles. The van der Waals surface area contributed by atoms with E-state index in [2.05, 4.69) is 26.3 Å². The number of nitro benzene ring substituents is 1. The second kappa shape index (κ2) is 5.89. The summed E-state index contributed by atoms with van der Waals surface area (Å²) in [7, 11) is 0. The molecule has 0 atom stereocenters. The van der Waals surface area contributed by atoms with Gasteiger partial charge in [0.15, 0.2) is 0 Å². The summed E-state index contributed by atoms with van der Waals surface area (Å²) in [6.07, 6.45) is 1.35. The zero-order valence-electron chi connectivity index (χ0n) is 10.5. The molecule has 9 nitrogen and oxygen atoms in total. The maximum Gasteiger partial charge on any atom is 0.328 e. The third-order valence-corrected chi connectivity index (χ3v) is 3.30. The fourth-order valence-corrected chi connectivity index (χ4v) is 2.10. The van der Waals surface area contributed by atoms with Crippen molar-refractivity contribution < 1.29 is 4.92 Å². The molecule has 0 saturated carbocycles. The number of hydrogen-bond donors (Lipinski definition) is 3. The van der Waals surface area contributed by atoms with Crippen LogP contribution in [0.15, 0.2) is 38.5 Å². The van der Waals surface area contributed by atoms with Crippen molar-refractivity contribution in [3.05, 3.63) is 65.4 Å². The van der Waals surface area contributed by atoms with E-state index in [0.29, 0.717) is 5.56 Å². The van der Waals surface area contributed by atoms with E-state index in [-0.39, 0.29) is 22.4 Å². The highest BCUT2D eigenvalue weighted by atomic mass is 79.9. The molecule has 0 radical (unpaired) electrons. The van der Waals surface area contributed by atoms with Crippen LogP contribution in [0.25, 0.3) is 0 Å². The standard InChI is InChI=1S/C11H10BrN5O4/c12-7-5-16(11(19)14-10(7)18)4-6-1-2-9(17(20)21)8(3-6)15-13/h1-3,5,15H,4,13H2,(H,14,18,19). The van der Waals surface area contributed by atoms with E-state index in [1.807, 2.05) is 0 Å². The minimum absolute atomic E-state index is 0.126. The van der Waals surface area contributed by atoms with Crippen molar-refractivity contribution >= 4 is 27.3 Å². The number of nitrogens with zero attached hydrogens (tertiary/aromatic N) is 2. The van der Waals surface area contributed by atoms with E-state index in [4.69, 9.17) is 5.84 Å². The second-order valence-corrected chi connectivity index (χ2v) is 4.97. The molecule has 0 saturated heterocycles. The second-order valence-electron chi connectivity index (χ2n) is 4.12. The number of nitrogen functional groups attached to an aromatic ring is 1. The smallest absolute Gasteiger partial charge is 0.318 e. The third kappa shape index (κ3) is 3.17. The number of nitrogens with one attached hydrogen (secondary N) is 2. The molecule has 2 rings (SSSR count). The Hall–Kier alpha value is -2.46. The first-order valence-electron chi connectivity index (χ1n) is 5.65. The predicted octanol–water partition coefficient (Wildman–Crippen LogP) is 0.541. The Morgan fingerprint density at radius 1 is 1.43 bits per heavy atom. The molecule has 0 aliphatic heterocycles. The lowest BCUT2D eigenvalue weighted by atomic mass is 10.1. The Morgan fingerprint density at radius 2 is 2.14 bits per heavy atom. The summed E-state index contributed by atoms with van der Waals surface area (Å²) in [5, 5.41) is 10.8. The van der Waals surface area contributed by atoms with Crippen molar-refractivity contribution in [2.45, 2.75) is 6.54 Å². The zero-order chi connectivity index (χ0) is 15.6. The number of aromatic amines is 1. The summed E-state index contributed by atoms with van der Waals surface area (Å²) < 4.78 is 1.47. The summed E-state index contributed by atoms with van der Waals surface area (Å²) in [5.74, 6) is 5.25. The van der Waals surface area contributed by atoms with Gasteiger partial charge >= 0.3 is 5.69 Å². The first-order valence-corrected chi connectivity index (χ1v) is 6.45. The van der Waals surface area contributed by atoms with Crippen molar-refractivity contribution in [1.29, 1.82) is 0 Å². The summed E-state index contributed by atoms with van der Waals surface area (Å²) in [4.78, 5) is 35.3. The number of halogens is 1. The van der Waals surface area contributed by atoms with Gasteiger partial charge < -0.3 is 5.43 Å². The summed E-state index contributed by atoms with van der Waals surface area (Å²) in [6, 6.07) is 4.25. The number of hydrazine groups is 1. The Balaban J connectivity index is 2.41. The number of aromatic nitrogens is 2. The molecule has 10 heteroatoms. The average Bonchev–Trinajstić information content (AvgIpc) is 2.44. The van der Waals surface area contributed by atoms with Gasteiger partial charge in [-0.3, -0.25) is 30.3 Å². The van der Waals surface area contributed by atoms with Crippen LogP contribution in [0.3, 0.4) is 0 Å². The van der Waals surface area contributed by atoms with E-state index >= 15 is 0 Å². The lowest BCUT2D eigenvalue weighted by Gasteiger charge is -2.08. The minimum atomic E-state index is -0.580. The number of benzene rings is 1. The van der Waals surface area contributed by atoms with E-state index < -0.39 is 16.2 Å². The molecule has 0 fully saturated rings. The Labute approximate surface area is 125 Å². The molecular weight excluding hydrogens is 346 g/mol. The van der Waals surface area contributed by atoms with Crippen LogP contribution in [0.4, 0.5) is 11.4 Å². The summed E-state index contributed by atoms with van der Waals surface area (Å²) >= 11 is 3.03. The van der Waals surface area contributed by atoms with E-state index in [1.54, 1.807) is 0 Å². The molecular formula is C11H10BrN5O4. The number of anilines is 1. The molecule has 2 aromatic rings. The SMILES string of the molecule is NNc1cc(Cn2cc(Br)c(=O)[nH]c2=O)ccc1[N+](=O)[O-]. The van der Waals surface area contributed by atoms with Crippen LogP contribution >= 0.6 is 15.9 Å². The van der Waals surface area contributed by atoms with Crippen LogP contribution in [0.2, 0.25) is 0 Å². The fourth-order valence-electron chi connectivity index (χ4n) is 1.75. The van der Waals surface area contributed by atoms with Gasteiger partial charge in [0.2, 0.25) is 0 Å². The minimum Gasteiger partial charge on any atom is -0.318 e. The number of nitrogens with two attached hydrogens (primary N) is 1. The predicted molar refractivity (Wildman–Crippen MR) is 79.0 cm³/mol. The van der Waals surface area contributed by atoms with Gasteiger partial charge in [-0.05, 0) is 27.6 Å². The van der Waals surface area contributed by atoms with Gasteiger partial charge in [-0.25, -0.2) is 4.79 Å². The van der Waals surface area contributed by atoms with Crippen molar-refractivity contribution in [1.82, 2.24) is 9.55 Å². The maximum atomic E-state index is 11.7. The molecule has 0 amide bonds. The number of rotatable bonds is 4. The third-order valence-electron chi connectivity index (χ3n) is 2.73. The van der Waals surface area contributed by atoms with Gasteiger partial charge in [-0.1, -0.05) is 6.07 Å². The van der Waals surface area contributed by atoms with Crippen molar-refractivity contribution in [3.63, 3.8) is 0 Å². The molecule has 0 aliphatic rings. The number of hydrogen-bond acceptors (Lipinski definition) is 6. The highest BCUT2D eigenvalue weighted by Gasteiger charge is 2.13. The van der Waals surface area contributed by atoms with Crippen LogP contribution in [-0.4, -0.2) is 14.5 Å². The van der Waals surface area contributed by atoms with Crippen molar-refractivity contribution in [2.24, 2.45) is 5.84 Å². The highest BCUT2D eigenvalue weighted by molar-refractivity contribution is 9.10. The fraction of sp³-hybridized carbons (Fsp3) is 0.0909.